The van der Waals surface area contributed by atoms with Crippen LogP contribution in [0.5, 0.6) is 17.2 Å². The van der Waals surface area contributed by atoms with E-state index < -0.39 is 11.9 Å². The van der Waals surface area contributed by atoms with Crippen molar-refractivity contribution in [2.75, 3.05) is 19.8 Å². The standard InChI is InChI=1S/C29H25Cl2NO6S/c1-4-36-24-15-19(14-22(31)26(24)38-28(34)20-7-9-21(30)10-8-20)16-25-27(33)32(29(35)39-25)11-12-37-23-13-17(2)5-6-18(23)3/h5-10,13-16H,4,11-12H2,1-3H3/b25-16-. The molecule has 7 nitrogen and oxygen atoms in total. The van der Waals surface area contributed by atoms with E-state index in [2.05, 4.69) is 0 Å². The summed E-state index contributed by atoms with van der Waals surface area (Å²) in [6, 6.07) is 15.2. The van der Waals surface area contributed by atoms with E-state index in [4.69, 9.17) is 37.4 Å². The van der Waals surface area contributed by atoms with Crippen LogP contribution in [0.1, 0.15) is 34.0 Å². The second-order valence-corrected chi connectivity index (χ2v) is 10.4. The van der Waals surface area contributed by atoms with Gasteiger partial charge in [-0.05, 0) is 97.8 Å². The number of ether oxygens (including phenoxy) is 3. The van der Waals surface area contributed by atoms with E-state index in [0.717, 1.165) is 27.8 Å². The van der Waals surface area contributed by atoms with Crippen LogP contribution in [0, 0.1) is 13.8 Å². The molecule has 4 rings (SSSR count). The number of carbonyl (C=O) groups is 3. The fourth-order valence-corrected chi connectivity index (χ4v) is 4.97. The van der Waals surface area contributed by atoms with E-state index in [-0.39, 0.29) is 52.0 Å². The summed E-state index contributed by atoms with van der Waals surface area (Å²) in [4.78, 5) is 39.6. The lowest BCUT2D eigenvalue weighted by molar-refractivity contribution is -0.123. The van der Waals surface area contributed by atoms with Crippen molar-refractivity contribution in [1.29, 1.82) is 0 Å². The van der Waals surface area contributed by atoms with E-state index >= 15 is 0 Å². The van der Waals surface area contributed by atoms with Gasteiger partial charge in [0, 0.05) is 5.02 Å². The molecule has 1 fully saturated rings. The number of aryl methyl sites for hydroxylation is 2. The highest BCUT2D eigenvalue weighted by Crippen LogP contribution is 2.39. The molecule has 0 saturated carbocycles. The smallest absolute Gasteiger partial charge is 0.343 e. The van der Waals surface area contributed by atoms with Gasteiger partial charge in [-0.1, -0.05) is 35.3 Å². The first-order valence-corrected chi connectivity index (χ1v) is 13.6. The van der Waals surface area contributed by atoms with Gasteiger partial charge in [-0.15, -0.1) is 0 Å². The third kappa shape index (κ3) is 6.95. The van der Waals surface area contributed by atoms with Crippen molar-refractivity contribution >= 4 is 58.2 Å². The van der Waals surface area contributed by atoms with Gasteiger partial charge >= 0.3 is 5.97 Å². The number of hydrogen-bond acceptors (Lipinski definition) is 7. The van der Waals surface area contributed by atoms with Crippen LogP contribution < -0.4 is 14.2 Å². The fourth-order valence-electron chi connectivity index (χ4n) is 3.72. The number of thioether (sulfide) groups is 1. The Bertz CT molecular complexity index is 1450. The minimum atomic E-state index is -0.633. The Morgan fingerprint density at radius 2 is 1.72 bits per heavy atom. The maximum absolute atomic E-state index is 13.0. The van der Waals surface area contributed by atoms with Gasteiger partial charge in [0.2, 0.25) is 0 Å². The average Bonchev–Trinajstić information content (AvgIpc) is 3.15. The summed E-state index contributed by atoms with van der Waals surface area (Å²) in [7, 11) is 0. The predicted molar refractivity (Wildman–Crippen MR) is 153 cm³/mol. The molecule has 202 valence electrons. The van der Waals surface area contributed by atoms with Crippen molar-refractivity contribution in [2.24, 2.45) is 0 Å². The number of amides is 2. The van der Waals surface area contributed by atoms with E-state index in [1.807, 2.05) is 32.0 Å². The average molecular weight is 586 g/mol. The van der Waals surface area contributed by atoms with Crippen LogP contribution in [-0.2, 0) is 4.79 Å². The fraction of sp³-hybridized carbons (Fsp3) is 0.207. The van der Waals surface area contributed by atoms with Crippen LogP contribution in [0.2, 0.25) is 10.0 Å². The Labute approximate surface area is 240 Å². The number of imide groups is 1. The van der Waals surface area contributed by atoms with Gasteiger partial charge in [-0.2, -0.15) is 0 Å². The molecular weight excluding hydrogens is 561 g/mol. The monoisotopic (exact) mass is 585 g/mol. The number of carbonyl (C=O) groups excluding carboxylic acids is 3. The molecular formula is C29H25Cl2NO6S. The Kier molecular flexibility index (Phi) is 9.22. The Balaban J connectivity index is 1.49. The summed E-state index contributed by atoms with van der Waals surface area (Å²) >= 11 is 13.2. The van der Waals surface area contributed by atoms with Crippen LogP contribution in [-0.4, -0.2) is 41.8 Å². The molecule has 0 bridgehead atoms. The lowest BCUT2D eigenvalue weighted by Crippen LogP contribution is -2.32. The van der Waals surface area contributed by atoms with Gasteiger partial charge in [-0.3, -0.25) is 14.5 Å². The van der Waals surface area contributed by atoms with Gasteiger partial charge in [-0.25, -0.2) is 4.79 Å². The van der Waals surface area contributed by atoms with E-state index in [1.54, 1.807) is 31.2 Å². The molecule has 0 radical (unpaired) electrons. The number of hydrogen-bond donors (Lipinski definition) is 0. The van der Waals surface area contributed by atoms with Crippen LogP contribution in [0.15, 0.2) is 59.5 Å². The zero-order chi connectivity index (χ0) is 28.1. The molecule has 1 aliphatic heterocycles. The van der Waals surface area contributed by atoms with Crippen LogP contribution >= 0.6 is 35.0 Å². The molecule has 1 aliphatic rings. The number of halogens is 2. The molecule has 1 heterocycles. The summed E-state index contributed by atoms with van der Waals surface area (Å²) in [6.07, 6.45) is 1.55. The normalized spacial score (nSPS) is 14.2. The van der Waals surface area contributed by atoms with Gasteiger partial charge < -0.3 is 14.2 Å². The molecule has 0 unspecified atom stereocenters. The quantitative estimate of drug-likeness (QED) is 0.147. The predicted octanol–water partition coefficient (Wildman–Crippen LogP) is 7.34. The molecule has 0 N–H and O–H groups in total. The molecule has 10 heteroatoms. The first-order valence-electron chi connectivity index (χ1n) is 12.1. The highest BCUT2D eigenvalue weighted by atomic mass is 35.5. The van der Waals surface area contributed by atoms with Crippen molar-refractivity contribution in [1.82, 2.24) is 4.90 Å². The Morgan fingerprint density at radius 1 is 0.974 bits per heavy atom. The molecule has 0 spiro atoms. The second kappa shape index (κ2) is 12.6. The summed E-state index contributed by atoms with van der Waals surface area (Å²) in [5, 5.41) is 0.207. The zero-order valence-corrected chi connectivity index (χ0v) is 23.8. The largest absolute Gasteiger partial charge is 0.491 e. The molecule has 0 atom stereocenters. The first-order chi connectivity index (χ1) is 18.7. The van der Waals surface area contributed by atoms with Crippen molar-refractivity contribution in [3.8, 4) is 17.2 Å². The van der Waals surface area contributed by atoms with Crippen molar-refractivity contribution in [3.63, 3.8) is 0 Å². The van der Waals surface area contributed by atoms with E-state index in [9.17, 15) is 14.4 Å². The van der Waals surface area contributed by atoms with Crippen molar-refractivity contribution in [2.45, 2.75) is 20.8 Å². The van der Waals surface area contributed by atoms with Gasteiger partial charge in [0.1, 0.15) is 12.4 Å². The van der Waals surface area contributed by atoms with Crippen LogP contribution in [0.3, 0.4) is 0 Å². The topological polar surface area (TPSA) is 82.1 Å². The molecule has 3 aromatic carbocycles. The first kappa shape index (κ1) is 28.5. The van der Waals surface area contributed by atoms with E-state index in [0.29, 0.717) is 16.3 Å². The third-order valence-electron chi connectivity index (χ3n) is 5.69. The van der Waals surface area contributed by atoms with E-state index in [1.165, 1.54) is 18.2 Å². The summed E-state index contributed by atoms with van der Waals surface area (Å²) in [6.45, 7) is 6.24. The maximum atomic E-state index is 13.0. The van der Waals surface area contributed by atoms with Crippen molar-refractivity contribution in [3.05, 3.63) is 91.8 Å². The number of benzene rings is 3. The number of esters is 1. The lowest BCUT2D eigenvalue weighted by atomic mass is 10.1. The van der Waals surface area contributed by atoms with Crippen LogP contribution in [0.25, 0.3) is 6.08 Å². The van der Waals surface area contributed by atoms with Gasteiger partial charge in [0.25, 0.3) is 11.1 Å². The summed E-state index contributed by atoms with van der Waals surface area (Å²) in [5.74, 6) is -0.0761. The SMILES string of the molecule is CCOc1cc(/C=C2\SC(=O)N(CCOc3cc(C)ccc3C)C2=O)cc(Cl)c1OC(=O)c1ccc(Cl)cc1. The lowest BCUT2D eigenvalue weighted by Gasteiger charge is -2.15. The Morgan fingerprint density at radius 3 is 2.44 bits per heavy atom. The molecule has 0 aromatic heterocycles. The van der Waals surface area contributed by atoms with Gasteiger partial charge in [0.15, 0.2) is 11.5 Å². The Hall–Kier alpha value is -3.46. The molecule has 39 heavy (non-hydrogen) atoms. The minimum absolute atomic E-state index is 0.0484. The summed E-state index contributed by atoms with van der Waals surface area (Å²) < 4.78 is 17.0. The highest BCUT2D eigenvalue weighted by Gasteiger charge is 2.35. The number of nitrogens with zero attached hydrogens (tertiary/aromatic N) is 1. The molecule has 2 amide bonds. The maximum Gasteiger partial charge on any atom is 0.343 e. The second-order valence-electron chi connectivity index (χ2n) is 8.61. The van der Waals surface area contributed by atoms with Crippen LogP contribution in [0.4, 0.5) is 4.79 Å². The molecule has 3 aromatic rings. The highest BCUT2D eigenvalue weighted by molar-refractivity contribution is 8.18. The van der Waals surface area contributed by atoms with Crippen molar-refractivity contribution < 1.29 is 28.6 Å². The minimum Gasteiger partial charge on any atom is -0.491 e. The third-order valence-corrected chi connectivity index (χ3v) is 7.13. The molecule has 1 saturated heterocycles. The number of rotatable bonds is 9. The summed E-state index contributed by atoms with van der Waals surface area (Å²) in [5.41, 5.74) is 2.82. The zero-order valence-electron chi connectivity index (χ0n) is 21.5. The molecule has 0 aliphatic carbocycles. The van der Waals surface area contributed by atoms with Gasteiger partial charge in [0.05, 0.1) is 28.6 Å².